The summed E-state index contributed by atoms with van der Waals surface area (Å²) in [4.78, 5) is 4.35. The van der Waals surface area contributed by atoms with Crippen LogP contribution in [0.4, 0.5) is 4.39 Å². The topological polar surface area (TPSA) is 33.1 Å². The Labute approximate surface area is 110 Å². The van der Waals surface area contributed by atoms with Crippen LogP contribution in [0.5, 0.6) is 0 Å². The summed E-state index contributed by atoms with van der Waals surface area (Å²) in [7, 11) is 0. The molecule has 4 heteroatoms. The fourth-order valence-corrected chi connectivity index (χ4v) is 2.60. The summed E-state index contributed by atoms with van der Waals surface area (Å²) in [6, 6.07) is 6.24. The van der Waals surface area contributed by atoms with Crippen LogP contribution in [-0.2, 0) is 12.8 Å². The van der Waals surface area contributed by atoms with Gasteiger partial charge >= 0.3 is 0 Å². The van der Waals surface area contributed by atoms with Gasteiger partial charge in [0.1, 0.15) is 5.82 Å². The first-order chi connectivity index (χ1) is 8.44. The molecule has 0 saturated heterocycles. The number of aliphatic hydroxyl groups is 1. The Kier molecular flexibility index (Phi) is 3.78. The van der Waals surface area contributed by atoms with Crippen molar-refractivity contribution < 1.29 is 9.50 Å². The van der Waals surface area contributed by atoms with Crippen LogP contribution in [0.3, 0.4) is 0 Å². The number of benzene rings is 1. The van der Waals surface area contributed by atoms with Gasteiger partial charge in [-0.3, -0.25) is 0 Å². The number of thiazole rings is 1. The molecule has 0 amide bonds. The predicted molar refractivity (Wildman–Crippen MR) is 71.3 cm³/mol. The highest BCUT2D eigenvalue weighted by atomic mass is 32.1. The van der Waals surface area contributed by atoms with E-state index in [1.165, 1.54) is 12.1 Å². The molecule has 0 aliphatic heterocycles. The first-order valence-corrected chi connectivity index (χ1v) is 6.70. The summed E-state index contributed by atoms with van der Waals surface area (Å²) < 4.78 is 12.8. The molecule has 0 fully saturated rings. The molecule has 0 radical (unpaired) electrons. The van der Waals surface area contributed by atoms with E-state index in [2.05, 4.69) is 4.98 Å². The fraction of sp³-hybridized carbons (Fsp3) is 0.357. The van der Waals surface area contributed by atoms with E-state index in [-0.39, 0.29) is 5.82 Å². The predicted octanol–water partition coefficient (Wildman–Crippen LogP) is 3.13. The molecule has 0 saturated carbocycles. The van der Waals surface area contributed by atoms with Crippen LogP contribution in [0.15, 0.2) is 29.6 Å². The highest BCUT2D eigenvalue weighted by Crippen LogP contribution is 2.20. The third-order valence-electron chi connectivity index (χ3n) is 2.73. The largest absolute Gasteiger partial charge is 0.389 e. The average molecular weight is 265 g/mol. The van der Waals surface area contributed by atoms with Gasteiger partial charge in [-0.15, -0.1) is 11.3 Å². The molecule has 0 aliphatic carbocycles. The molecule has 0 bridgehead atoms. The Morgan fingerprint density at radius 3 is 2.50 bits per heavy atom. The van der Waals surface area contributed by atoms with Gasteiger partial charge in [0.25, 0.3) is 0 Å². The molecule has 96 valence electrons. The smallest absolute Gasteiger partial charge is 0.123 e. The SMILES string of the molecule is Cc1nc(CC(C)(O)Cc2ccc(F)cc2)cs1. The number of hydrogen-bond donors (Lipinski definition) is 1. The molecule has 1 aromatic carbocycles. The number of aryl methyl sites for hydroxylation is 1. The van der Waals surface area contributed by atoms with Gasteiger partial charge in [0.2, 0.25) is 0 Å². The van der Waals surface area contributed by atoms with Crippen LogP contribution in [0.2, 0.25) is 0 Å². The van der Waals surface area contributed by atoms with Crippen molar-refractivity contribution in [1.29, 1.82) is 0 Å². The van der Waals surface area contributed by atoms with E-state index >= 15 is 0 Å². The number of aromatic nitrogens is 1. The molecule has 2 aromatic rings. The van der Waals surface area contributed by atoms with Crippen molar-refractivity contribution in [3.8, 4) is 0 Å². The third-order valence-corrected chi connectivity index (χ3v) is 3.55. The van der Waals surface area contributed by atoms with Crippen LogP contribution in [-0.4, -0.2) is 15.7 Å². The second-order valence-electron chi connectivity index (χ2n) is 4.83. The van der Waals surface area contributed by atoms with Gasteiger partial charge in [0.05, 0.1) is 16.3 Å². The minimum Gasteiger partial charge on any atom is -0.389 e. The lowest BCUT2D eigenvalue weighted by atomic mass is 9.92. The second-order valence-corrected chi connectivity index (χ2v) is 5.90. The molecule has 0 aliphatic rings. The maximum atomic E-state index is 12.8. The van der Waals surface area contributed by atoms with Gasteiger partial charge in [0.15, 0.2) is 0 Å². The number of halogens is 1. The summed E-state index contributed by atoms with van der Waals surface area (Å²) in [6.45, 7) is 3.73. The van der Waals surface area contributed by atoms with E-state index < -0.39 is 5.60 Å². The molecule has 0 spiro atoms. The van der Waals surface area contributed by atoms with Gasteiger partial charge in [-0.05, 0) is 31.5 Å². The third kappa shape index (κ3) is 3.62. The number of rotatable bonds is 4. The fourth-order valence-electron chi connectivity index (χ4n) is 1.98. The Balaban J connectivity index is 2.04. The highest BCUT2D eigenvalue weighted by Gasteiger charge is 2.22. The Bertz CT molecular complexity index is 519. The standard InChI is InChI=1S/C14H16FNOS/c1-10-16-13(9-18-10)8-14(2,17)7-11-3-5-12(15)6-4-11/h3-6,9,17H,7-8H2,1-2H3. The van der Waals surface area contributed by atoms with Crippen molar-refractivity contribution in [2.24, 2.45) is 0 Å². The second kappa shape index (κ2) is 5.16. The van der Waals surface area contributed by atoms with E-state index in [1.807, 2.05) is 12.3 Å². The maximum Gasteiger partial charge on any atom is 0.123 e. The minimum atomic E-state index is -0.863. The van der Waals surface area contributed by atoms with Crippen LogP contribution in [0.1, 0.15) is 23.2 Å². The van der Waals surface area contributed by atoms with E-state index in [4.69, 9.17) is 0 Å². The van der Waals surface area contributed by atoms with Gasteiger partial charge in [-0.1, -0.05) is 12.1 Å². The van der Waals surface area contributed by atoms with Gasteiger partial charge in [0, 0.05) is 18.2 Å². The first kappa shape index (κ1) is 13.2. The zero-order valence-electron chi connectivity index (χ0n) is 10.5. The lowest BCUT2D eigenvalue weighted by Gasteiger charge is -2.22. The minimum absolute atomic E-state index is 0.256. The van der Waals surface area contributed by atoms with Crippen LogP contribution in [0.25, 0.3) is 0 Å². The summed E-state index contributed by atoms with van der Waals surface area (Å²) in [5.74, 6) is -0.256. The van der Waals surface area contributed by atoms with Gasteiger partial charge < -0.3 is 5.11 Å². The van der Waals surface area contributed by atoms with E-state index in [9.17, 15) is 9.50 Å². The molecular formula is C14H16FNOS. The van der Waals surface area contributed by atoms with Crippen molar-refractivity contribution in [2.45, 2.75) is 32.3 Å². The lowest BCUT2D eigenvalue weighted by molar-refractivity contribution is 0.0599. The van der Waals surface area contributed by atoms with Crippen LogP contribution < -0.4 is 0 Å². The van der Waals surface area contributed by atoms with Crippen molar-refractivity contribution in [2.75, 3.05) is 0 Å². The molecule has 1 N–H and O–H groups in total. The molecule has 2 nitrogen and oxygen atoms in total. The van der Waals surface area contributed by atoms with Gasteiger partial charge in [-0.25, -0.2) is 9.37 Å². The van der Waals surface area contributed by atoms with Gasteiger partial charge in [-0.2, -0.15) is 0 Å². The van der Waals surface area contributed by atoms with Crippen LogP contribution in [0, 0.1) is 12.7 Å². The summed E-state index contributed by atoms with van der Waals surface area (Å²) in [5, 5.41) is 13.3. The average Bonchev–Trinajstić information content (AvgIpc) is 2.66. The summed E-state index contributed by atoms with van der Waals surface area (Å²) >= 11 is 1.58. The molecule has 1 atom stereocenters. The molecule has 18 heavy (non-hydrogen) atoms. The quantitative estimate of drug-likeness (QED) is 0.921. The maximum absolute atomic E-state index is 12.8. The van der Waals surface area contributed by atoms with Crippen molar-refractivity contribution in [3.05, 3.63) is 51.7 Å². The lowest BCUT2D eigenvalue weighted by Crippen LogP contribution is -2.30. The normalized spacial score (nSPS) is 14.4. The molecule has 1 aromatic heterocycles. The Morgan fingerprint density at radius 1 is 1.28 bits per heavy atom. The van der Waals surface area contributed by atoms with E-state index in [0.29, 0.717) is 12.8 Å². The summed E-state index contributed by atoms with van der Waals surface area (Å²) in [6.07, 6.45) is 0.999. The molecule has 1 unspecified atom stereocenters. The van der Waals surface area contributed by atoms with Crippen molar-refractivity contribution in [1.82, 2.24) is 4.98 Å². The zero-order chi connectivity index (χ0) is 13.2. The molecule has 1 heterocycles. The monoisotopic (exact) mass is 265 g/mol. The van der Waals surface area contributed by atoms with Crippen molar-refractivity contribution in [3.63, 3.8) is 0 Å². The van der Waals surface area contributed by atoms with Crippen LogP contribution >= 0.6 is 11.3 Å². The Hall–Kier alpha value is -1.26. The summed E-state index contributed by atoms with van der Waals surface area (Å²) in [5.41, 5.74) is 0.969. The van der Waals surface area contributed by atoms with E-state index in [0.717, 1.165) is 16.3 Å². The van der Waals surface area contributed by atoms with Crippen molar-refractivity contribution >= 4 is 11.3 Å². The number of hydrogen-bond acceptors (Lipinski definition) is 3. The zero-order valence-corrected chi connectivity index (χ0v) is 11.3. The molecular weight excluding hydrogens is 249 g/mol. The highest BCUT2D eigenvalue weighted by molar-refractivity contribution is 7.09. The van der Waals surface area contributed by atoms with E-state index in [1.54, 1.807) is 30.4 Å². The molecule has 2 rings (SSSR count). The number of nitrogens with zero attached hydrogens (tertiary/aromatic N) is 1. The first-order valence-electron chi connectivity index (χ1n) is 5.82. The Morgan fingerprint density at radius 2 is 1.94 bits per heavy atom.